The van der Waals surface area contributed by atoms with Gasteiger partial charge in [0.05, 0.1) is 27.3 Å². The second kappa shape index (κ2) is 6.82. The van der Waals surface area contributed by atoms with Gasteiger partial charge >= 0.3 is 0 Å². The van der Waals surface area contributed by atoms with Crippen molar-refractivity contribution in [3.8, 4) is 11.1 Å². The number of nitrogens with zero attached hydrogens (tertiary/aromatic N) is 2. The molecule has 4 aromatic carbocycles. The van der Waals surface area contributed by atoms with Crippen LogP contribution in [0.25, 0.3) is 60.1 Å². The number of hydrogen-bond donors (Lipinski definition) is 0. The van der Waals surface area contributed by atoms with Crippen LogP contribution >= 0.6 is 0 Å². The topological polar surface area (TPSA) is 8.29 Å². The van der Waals surface area contributed by atoms with Gasteiger partial charge in [0.1, 0.15) is 7.05 Å². The molecule has 0 aliphatic rings. The van der Waals surface area contributed by atoms with Gasteiger partial charge in [-0.3, -0.25) is 0 Å². The first-order valence-corrected chi connectivity index (χ1v) is 12.4. The normalized spacial score (nSPS) is 12.7. The maximum Gasteiger partial charge on any atom is 0.224 e. The summed E-state index contributed by atoms with van der Waals surface area (Å²) in [6.45, 7) is 9.14. The van der Waals surface area contributed by atoms with Crippen LogP contribution in [0.1, 0.15) is 31.9 Å². The summed E-state index contributed by atoms with van der Waals surface area (Å²) in [6, 6.07) is 29.4. The summed E-state index contributed by atoms with van der Waals surface area (Å²) in [7, 11) is 2.18. The van der Waals surface area contributed by atoms with Gasteiger partial charge in [0.15, 0.2) is 6.20 Å². The van der Waals surface area contributed by atoms with Gasteiger partial charge in [0, 0.05) is 16.8 Å². The Morgan fingerprint density at radius 3 is 2.29 bits per heavy atom. The van der Waals surface area contributed by atoms with E-state index in [0.29, 0.717) is 0 Å². The second-order valence-corrected chi connectivity index (χ2v) is 11.1. The van der Waals surface area contributed by atoms with Gasteiger partial charge in [0.25, 0.3) is 0 Å². The van der Waals surface area contributed by atoms with Crippen molar-refractivity contribution in [1.82, 2.24) is 4.40 Å². The van der Waals surface area contributed by atoms with E-state index in [1.54, 1.807) is 0 Å². The lowest BCUT2D eigenvalue weighted by Crippen LogP contribution is -2.28. The van der Waals surface area contributed by atoms with E-state index < -0.39 is 0 Å². The number of rotatable bonds is 1. The molecule has 7 rings (SSSR count). The zero-order chi connectivity index (χ0) is 24.1. The smallest absolute Gasteiger partial charge is 0.224 e. The fraction of sp³-hybridized carbons (Fsp3) is 0.182. The molecule has 2 heteroatoms. The highest BCUT2D eigenvalue weighted by atomic mass is 15.0. The van der Waals surface area contributed by atoms with E-state index in [0.717, 1.165) is 0 Å². The van der Waals surface area contributed by atoms with E-state index in [-0.39, 0.29) is 5.41 Å². The molecule has 0 amide bonds. The largest absolute Gasteiger partial charge is 0.307 e. The first-order valence-electron chi connectivity index (χ1n) is 12.4. The van der Waals surface area contributed by atoms with Crippen LogP contribution in [0.5, 0.6) is 0 Å². The Morgan fingerprint density at radius 2 is 1.51 bits per heavy atom. The fourth-order valence-corrected chi connectivity index (χ4v) is 5.98. The average Bonchev–Trinajstić information content (AvgIpc) is 3.18. The summed E-state index contributed by atoms with van der Waals surface area (Å²) in [5, 5.41) is 6.63. The van der Waals surface area contributed by atoms with Gasteiger partial charge < -0.3 is 4.40 Å². The molecule has 0 unspecified atom stereocenters. The van der Waals surface area contributed by atoms with E-state index in [1.807, 2.05) is 0 Å². The minimum atomic E-state index is 0.103. The predicted octanol–water partition coefficient (Wildman–Crippen LogP) is 8.09. The molecule has 3 heterocycles. The Labute approximate surface area is 205 Å². The van der Waals surface area contributed by atoms with Gasteiger partial charge in [-0.15, -0.1) is 0 Å². The molecule has 3 aromatic heterocycles. The van der Waals surface area contributed by atoms with Crippen LogP contribution in [0.15, 0.2) is 85.1 Å². The average molecular weight is 454 g/mol. The summed E-state index contributed by atoms with van der Waals surface area (Å²) in [4.78, 5) is 0. The van der Waals surface area contributed by atoms with Crippen LogP contribution in [0, 0.1) is 6.92 Å². The van der Waals surface area contributed by atoms with Gasteiger partial charge in [-0.05, 0) is 64.2 Å². The fourth-order valence-electron chi connectivity index (χ4n) is 5.98. The zero-order valence-corrected chi connectivity index (χ0v) is 21.0. The molecule has 0 radical (unpaired) electrons. The van der Waals surface area contributed by atoms with Crippen molar-refractivity contribution in [3.05, 3.63) is 96.2 Å². The van der Waals surface area contributed by atoms with E-state index >= 15 is 0 Å². The molecule has 35 heavy (non-hydrogen) atoms. The minimum absolute atomic E-state index is 0.103. The molecule has 0 aliphatic heterocycles. The minimum Gasteiger partial charge on any atom is -0.307 e. The molecule has 0 spiro atoms. The molecular weight excluding hydrogens is 424 g/mol. The van der Waals surface area contributed by atoms with Gasteiger partial charge in [-0.25, -0.2) is 4.57 Å². The SMILES string of the molecule is Cc1ccc2c3cc(C(C)(C)C)ccc3n3c4cc(-c5ccccc5)cc5cc[n+](C)c(c1c23)c54. The Balaban J connectivity index is 1.79. The van der Waals surface area contributed by atoms with E-state index in [4.69, 9.17) is 0 Å². The van der Waals surface area contributed by atoms with Crippen LogP contribution in [-0.2, 0) is 12.5 Å². The second-order valence-electron chi connectivity index (χ2n) is 11.1. The van der Waals surface area contributed by atoms with E-state index in [9.17, 15) is 0 Å². The Bertz CT molecular complexity index is 1930. The molecule has 0 bridgehead atoms. The third-order valence-corrected chi connectivity index (χ3v) is 7.80. The van der Waals surface area contributed by atoms with Crippen LogP contribution in [0.2, 0.25) is 0 Å². The number of pyridine rings is 2. The Kier molecular flexibility index (Phi) is 3.99. The van der Waals surface area contributed by atoms with Crippen molar-refractivity contribution in [2.45, 2.75) is 33.1 Å². The number of benzene rings is 4. The number of fused-ring (bicyclic) bond motifs is 5. The lowest BCUT2D eigenvalue weighted by molar-refractivity contribution is -0.643. The molecule has 7 aromatic rings. The Hall–Kier alpha value is -3.91. The van der Waals surface area contributed by atoms with Crippen molar-refractivity contribution in [1.29, 1.82) is 0 Å². The maximum atomic E-state index is 2.53. The van der Waals surface area contributed by atoms with E-state index in [2.05, 4.69) is 129 Å². The van der Waals surface area contributed by atoms with Crippen LogP contribution in [-0.4, -0.2) is 4.40 Å². The molecule has 170 valence electrons. The van der Waals surface area contributed by atoms with Crippen LogP contribution < -0.4 is 4.57 Å². The van der Waals surface area contributed by atoms with Crippen molar-refractivity contribution >= 4 is 49.0 Å². The molecular formula is C33H29N2+. The molecule has 0 saturated heterocycles. The van der Waals surface area contributed by atoms with Crippen molar-refractivity contribution in [2.24, 2.45) is 7.05 Å². The highest BCUT2D eigenvalue weighted by molar-refractivity contribution is 6.26. The maximum absolute atomic E-state index is 2.53. The third-order valence-electron chi connectivity index (χ3n) is 7.80. The summed E-state index contributed by atoms with van der Waals surface area (Å²) in [6.07, 6.45) is 2.21. The predicted molar refractivity (Wildman–Crippen MR) is 149 cm³/mol. The summed E-state index contributed by atoms with van der Waals surface area (Å²) in [5.74, 6) is 0. The highest BCUT2D eigenvalue weighted by Gasteiger charge is 2.25. The van der Waals surface area contributed by atoms with Crippen LogP contribution in [0.3, 0.4) is 0 Å². The standard InChI is InChI=1S/C33H29N2/c1-20-11-13-25-26-19-24(33(2,3)4)12-14-27(26)35-28-18-23(21-9-7-6-8-10-21)17-22-15-16-34(5)32(30(22)28)29(20)31(25)35/h6-19H,1-5H3/q+1. The molecule has 0 saturated carbocycles. The van der Waals surface area contributed by atoms with Gasteiger partial charge in [-0.2, -0.15) is 0 Å². The van der Waals surface area contributed by atoms with Gasteiger partial charge in [0.2, 0.25) is 5.52 Å². The van der Waals surface area contributed by atoms with Gasteiger partial charge in [-0.1, -0.05) is 69.3 Å². The number of aromatic nitrogens is 2. The first-order chi connectivity index (χ1) is 16.8. The molecule has 0 aliphatic carbocycles. The summed E-state index contributed by atoms with van der Waals surface area (Å²) >= 11 is 0. The zero-order valence-electron chi connectivity index (χ0n) is 21.0. The first kappa shape index (κ1) is 20.5. The third kappa shape index (κ3) is 2.74. The lowest BCUT2D eigenvalue weighted by atomic mass is 9.86. The highest BCUT2D eigenvalue weighted by Crippen LogP contribution is 2.42. The number of aryl methyl sites for hydroxylation is 2. The number of hydrogen-bond acceptors (Lipinski definition) is 0. The molecule has 0 N–H and O–H groups in total. The van der Waals surface area contributed by atoms with Crippen molar-refractivity contribution in [3.63, 3.8) is 0 Å². The Morgan fingerprint density at radius 1 is 0.714 bits per heavy atom. The molecule has 2 nitrogen and oxygen atoms in total. The van der Waals surface area contributed by atoms with Crippen LogP contribution in [0.4, 0.5) is 0 Å². The van der Waals surface area contributed by atoms with Crippen molar-refractivity contribution in [2.75, 3.05) is 0 Å². The van der Waals surface area contributed by atoms with Crippen molar-refractivity contribution < 1.29 is 4.57 Å². The molecule has 0 fully saturated rings. The molecule has 0 atom stereocenters. The summed E-state index contributed by atoms with van der Waals surface area (Å²) in [5.41, 5.74) is 10.5. The quantitative estimate of drug-likeness (QED) is 0.135. The monoisotopic (exact) mass is 453 g/mol. The van der Waals surface area contributed by atoms with E-state index in [1.165, 1.54) is 71.3 Å². The lowest BCUT2D eigenvalue weighted by Gasteiger charge is -2.19. The summed E-state index contributed by atoms with van der Waals surface area (Å²) < 4.78 is 4.83.